The fourth-order valence-electron chi connectivity index (χ4n) is 4.78. The first-order valence-corrected chi connectivity index (χ1v) is 14.3. The molecule has 2 unspecified atom stereocenters. The maximum Gasteiger partial charge on any atom is 0.416 e. The number of alkyl halides is 6. The number of nitrogens with zero attached hydrogens (tertiary/aromatic N) is 2. The zero-order chi connectivity index (χ0) is 32.0. The Morgan fingerprint density at radius 2 is 1.57 bits per heavy atom. The molecule has 42 heavy (non-hydrogen) atoms. The predicted molar refractivity (Wildman–Crippen MR) is 148 cm³/mol. The van der Waals surface area contributed by atoms with E-state index in [1.54, 1.807) is 27.7 Å². The lowest BCUT2D eigenvalue weighted by atomic mass is 9.79. The van der Waals surface area contributed by atoms with E-state index in [-0.39, 0.29) is 25.5 Å². The van der Waals surface area contributed by atoms with E-state index in [0.29, 0.717) is 29.0 Å². The third kappa shape index (κ3) is 7.46. The van der Waals surface area contributed by atoms with Gasteiger partial charge in [-0.3, -0.25) is 4.79 Å². The molecular weight excluding hydrogens is 587 g/mol. The summed E-state index contributed by atoms with van der Waals surface area (Å²) in [5, 5.41) is 0. The number of likely N-dealkylation sites (tertiary alicyclic amines) is 1. The lowest BCUT2D eigenvalue weighted by Gasteiger charge is -2.43. The van der Waals surface area contributed by atoms with E-state index in [1.165, 1.54) is 36.9 Å². The summed E-state index contributed by atoms with van der Waals surface area (Å²) in [6, 6.07) is 4.42. The molecule has 1 heterocycles. The number of rotatable bonds is 5. The molecule has 1 amide bonds. The van der Waals surface area contributed by atoms with Crippen LogP contribution in [0.3, 0.4) is 0 Å². The average molecular weight is 622 g/mol. The molecule has 2 aromatic rings. The Kier molecular flexibility index (Phi) is 9.51. The van der Waals surface area contributed by atoms with Crippen LogP contribution >= 0.6 is 0 Å². The van der Waals surface area contributed by atoms with Crippen LogP contribution in [-0.4, -0.2) is 37.9 Å². The molecule has 1 aliphatic heterocycles. The first-order chi connectivity index (χ1) is 19.0. The Morgan fingerprint density at radius 1 is 1.02 bits per heavy atom. The molecule has 3 rings (SSSR count). The predicted octanol–water partition coefficient (Wildman–Crippen LogP) is 7.26. The third-order valence-electron chi connectivity index (χ3n) is 7.50. The minimum atomic E-state index is -5.06. The number of piperidine rings is 1. The minimum absolute atomic E-state index is 0.0201. The summed E-state index contributed by atoms with van der Waals surface area (Å²) in [6.45, 7) is 9.52. The molecule has 5 nitrogen and oxygen atoms in total. The summed E-state index contributed by atoms with van der Waals surface area (Å²) < 4.78 is 111. The van der Waals surface area contributed by atoms with Crippen molar-refractivity contribution in [3.8, 4) is 0 Å². The van der Waals surface area contributed by atoms with E-state index in [1.807, 2.05) is 0 Å². The summed E-state index contributed by atoms with van der Waals surface area (Å²) in [4.78, 5) is 15.4. The topological polar surface area (TPSA) is 81.8 Å². The lowest BCUT2D eigenvalue weighted by Crippen LogP contribution is -2.58. The molecule has 4 atom stereocenters. The van der Waals surface area contributed by atoms with Gasteiger partial charge < -0.3 is 15.2 Å². The molecule has 232 valence electrons. The average Bonchev–Trinajstić information content (AvgIpc) is 2.86. The molecule has 0 bridgehead atoms. The van der Waals surface area contributed by atoms with Crippen LogP contribution in [0.1, 0.15) is 87.2 Å². The number of hydrogen-bond donors (Lipinski definition) is 1. The summed E-state index contributed by atoms with van der Waals surface area (Å²) in [7, 11) is 0. The van der Waals surface area contributed by atoms with Crippen LogP contribution in [-0.2, 0) is 28.5 Å². The van der Waals surface area contributed by atoms with E-state index >= 15 is 0 Å². The Balaban J connectivity index is 2.06. The van der Waals surface area contributed by atoms with Crippen LogP contribution < -0.4 is 5.73 Å². The zero-order valence-electron chi connectivity index (χ0n) is 24.1. The second kappa shape index (κ2) is 11.8. The highest BCUT2D eigenvalue weighted by Gasteiger charge is 2.45. The van der Waals surface area contributed by atoms with Crippen LogP contribution in [0.4, 0.5) is 30.7 Å². The number of hydrogen-bond acceptors (Lipinski definition) is 4. The number of halogens is 7. The molecule has 1 aliphatic rings. The van der Waals surface area contributed by atoms with Gasteiger partial charge in [-0.05, 0) is 81.6 Å². The number of aryl methyl sites for hydroxylation is 1. The highest BCUT2D eigenvalue weighted by molar-refractivity contribution is 7.91. The van der Waals surface area contributed by atoms with Gasteiger partial charge in [-0.1, -0.05) is 17.4 Å². The summed E-state index contributed by atoms with van der Waals surface area (Å²) in [6.07, 6.45) is -9.78. The molecule has 2 aromatic carbocycles. The smallest absolute Gasteiger partial charge is 0.416 e. The second-order valence-corrected chi connectivity index (χ2v) is 13.7. The molecule has 0 aliphatic carbocycles. The Morgan fingerprint density at radius 3 is 2.05 bits per heavy atom. The van der Waals surface area contributed by atoms with Crippen LogP contribution in [0.25, 0.3) is 0 Å². The SMILES string of the molecule is Cc1cc(F)ccc1[C@H]1CC(=N[S+]([O-])C(C)(C)C)CCN1C(=O)C(C)(N)[C@H](C)c1cc(C(F)(F)F)cc(C(F)(F)F)c1. The van der Waals surface area contributed by atoms with Gasteiger partial charge in [0, 0.05) is 25.3 Å². The fraction of sp³-hybridized carbons (Fsp3) is 0.517. The molecule has 1 saturated heterocycles. The number of amides is 1. The lowest BCUT2D eigenvalue weighted by molar-refractivity contribution is -0.143. The fourth-order valence-corrected chi connectivity index (χ4v) is 5.46. The van der Waals surface area contributed by atoms with Gasteiger partial charge in [0.05, 0.1) is 28.4 Å². The van der Waals surface area contributed by atoms with Gasteiger partial charge >= 0.3 is 12.4 Å². The Labute approximate surface area is 243 Å². The van der Waals surface area contributed by atoms with Gasteiger partial charge in [0.15, 0.2) is 0 Å². The Bertz CT molecular complexity index is 1320. The number of nitrogens with two attached hydrogens (primary N) is 1. The van der Waals surface area contributed by atoms with E-state index in [2.05, 4.69) is 4.40 Å². The summed E-state index contributed by atoms with van der Waals surface area (Å²) in [5.74, 6) is -2.49. The van der Waals surface area contributed by atoms with Crippen molar-refractivity contribution in [1.29, 1.82) is 0 Å². The standard InChI is InChI=1S/C29H34F7N3O2S/c1-16-11-21(30)7-8-23(16)24-15-22(38-42(41)26(3,4)5)9-10-39(24)25(40)27(6,37)17(2)18-12-19(28(31,32)33)14-20(13-18)29(34,35)36/h7-8,11-14,17,24H,9-10,15,37H2,1-6H3/t17-,24-,27?,42?/m1/s1. The van der Waals surface area contributed by atoms with Crippen molar-refractivity contribution in [1.82, 2.24) is 4.90 Å². The first-order valence-electron chi connectivity index (χ1n) is 13.2. The summed E-state index contributed by atoms with van der Waals surface area (Å²) in [5.41, 5.74) is 2.74. The van der Waals surface area contributed by atoms with Crippen LogP contribution in [0.5, 0.6) is 0 Å². The van der Waals surface area contributed by atoms with Gasteiger partial charge in [0.1, 0.15) is 21.9 Å². The molecule has 13 heteroatoms. The number of carbonyl (C=O) groups is 1. The van der Waals surface area contributed by atoms with Crippen molar-refractivity contribution < 1.29 is 40.1 Å². The molecule has 1 fully saturated rings. The van der Waals surface area contributed by atoms with Gasteiger partial charge in [-0.15, -0.1) is 0 Å². The van der Waals surface area contributed by atoms with Crippen LogP contribution in [0, 0.1) is 12.7 Å². The van der Waals surface area contributed by atoms with E-state index in [4.69, 9.17) is 5.73 Å². The highest BCUT2D eigenvalue weighted by atomic mass is 32.2. The number of benzene rings is 2. The quantitative estimate of drug-likeness (QED) is 0.282. The molecule has 0 spiro atoms. The largest absolute Gasteiger partial charge is 0.591 e. The second-order valence-electron chi connectivity index (χ2n) is 11.8. The van der Waals surface area contributed by atoms with Crippen molar-refractivity contribution in [2.45, 2.75) is 89.0 Å². The van der Waals surface area contributed by atoms with Gasteiger partial charge in [0.25, 0.3) is 0 Å². The van der Waals surface area contributed by atoms with Crippen LogP contribution in [0.2, 0.25) is 0 Å². The number of carbonyl (C=O) groups excluding carboxylic acids is 1. The maximum absolute atomic E-state index is 14.0. The normalized spacial score (nSPS) is 20.8. The van der Waals surface area contributed by atoms with Crippen LogP contribution in [0.15, 0.2) is 40.8 Å². The van der Waals surface area contributed by atoms with Crippen molar-refractivity contribution in [2.75, 3.05) is 6.54 Å². The van der Waals surface area contributed by atoms with E-state index < -0.39 is 74.4 Å². The van der Waals surface area contributed by atoms with Crippen molar-refractivity contribution in [2.24, 2.45) is 10.1 Å². The van der Waals surface area contributed by atoms with E-state index in [9.17, 15) is 40.1 Å². The third-order valence-corrected chi connectivity index (χ3v) is 8.98. The first kappa shape index (κ1) is 33.9. The Hall–Kier alpha value is -2.64. The van der Waals surface area contributed by atoms with Crippen molar-refractivity contribution in [3.63, 3.8) is 0 Å². The van der Waals surface area contributed by atoms with Gasteiger partial charge in [-0.25, -0.2) is 4.39 Å². The molecule has 0 saturated carbocycles. The summed E-state index contributed by atoms with van der Waals surface area (Å²) >= 11 is -1.59. The van der Waals surface area contributed by atoms with Crippen molar-refractivity contribution in [3.05, 3.63) is 70.0 Å². The van der Waals surface area contributed by atoms with Gasteiger partial charge in [-0.2, -0.15) is 26.3 Å². The molecule has 2 N–H and O–H groups in total. The molecular formula is C29H34F7N3O2S. The monoisotopic (exact) mass is 621 g/mol. The minimum Gasteiger partial charge on any atom is -0.591 e. The zero-order valence-corrected chi connectivity index (χ0v) is 24.9. The highest BCUT2D eigenvalue weighted by Crippen LogP contribution is 2.41. The van der Waals surface area contributed by atoms with E-state index in [0.717, 1.165) is 0 Å². The van der Waals surface area contributed by atoms with Crippen molar-refractivity contribution >= 4 is 23.0 Å². The molecule has 0 aromatic heterocycles. The molecule has 0 radical (unpaired) electrons. The maximum atomic E-state index is 14.0. The van der Waals surface area contributed by atoms with Gasteiger partial charge in [0.2, 0.25) is 5.91 Å².